The number of hydrogen-bond acceptors (Lipinski definition) is 6. The zero-order chi connectivity index (χ0) is 22.1. The van der Waals surface area contributed by atoms with Crippen LogP contribution in [0.5, 0.6) is 0 Å². The summed E-state index contributed by atoms with van der Waals surface area (Å²) in [6.07, 6.45) is 1.64. The predicted molar refractivity (Wildman–Crippen MR) is 124 cm³/mol. The van der Waals surface area contributed by atoms with E-state index in [4.69, 9.17) is 27.3 Å². The van der Waals surface area contributed by atoms with Gasteiger partial charge >= 0.3 is 0 Å². The molecule has 0 amide bonds. The Morgan fingerprint density at radius 3 is 2.47 bits per heavy atom. The lowest BCUT2D eigenvalue weighted by Gasteiger charge is -2.11. The second-order valence-corrected chi connectivity index (χ2v) is 7.33. The zero-order valence-corrected chi connectivity index (χ0v) is 17.5. The maximum Gasteiger partial charge on any atom is 0.165 e. The molecule has 4 heterocycles. The summed E-state index contributed by atoms with van der Waals surface area (Å²) in [6.45, 7) is 0. The maximum absolute atomic E-state index is 9.20. The number of rotatable bonds is 4. The molecule has 0 saturated carbocycles. The Morgan fingerprint density at radius 1 is 0.906 bits per heavy atom. The Labute approximate surface area is 188 Å². The van der Waals surface area contributed by atoms with Gasteiger partial charge in [0.1, 0.15) is 23.1 Å². The first-order chi connectivity index (χ1) is 15.7. The third kappa shape index (κ3) is 3.43. The monoisotopic (exact) mass is 437 g/mol. The highest BCUT2D eigenvalue weighted by atomic mass is 35.5. The number of aromatic nitrogens is 5. The minimum Gasteiger partial charge on any atom is -0.383 e. The van der Waals surface area contributed by atoms with Crippen molar-refractivity contribution >= 4 is 28.6 Å². The molecule has 5 rings (SSSR count). The summed E-state index contributed by atoms with van der Waals surface area (Å²) in [5, 5.41) is 9.20. The number of nitriles is 1. The Balaban J connectivity index is 1.78. The van der Waals surface area contributed by atoms with Gasteiger partial charge in [-0.1, -0.05) is 18.2 Å². The van der Waals surface area contributed by atoms with Gasteiger partial charge in [-0.3, -0.25) is 4.57 Å². The average molecular weight is 438 g/mol. The van der Waals surface area contributed by atoms with Crippen LogP contribution in [0.3, 0.4) is 0 Å². The van der Waals surface area contributed by atoms with Crippen LogP contribution in [0.25, 0.3) is 39.6 Å². The van der Waals surface area contributed by atoms with E-state index in [-0.39, 0.29) is 0 Å². The van der Waals surface area contributed by atoms with Gasteiger partial charge in [0, 0.05) is 17.8 Å². The van der Waals surface area contributed by atoms with Gasteiger partial charge in [-0.2, -0.15) is 5.26 Å². The summed E-state index contributed by atoms with van der Waals surface area (Å²) >= 11 is 5.97. The fraction of sp³-hybridized carbons (Fsp3) is 0.0417. The molecule has 2 N–H and O–H groups in total. The van der Waals surface area contributed by atoms with Crippen LogP contribution >= 0.6 is 11.6 Å². The normalized spacial score (nSPS) is 10.9. The van der Waals surface area contributed by atoms with Crippen LogP contribution in [-0.4, -0.2) is 24.5 Å². The molecular formula is C24H16ClN7. The molecule has 0 fully saturated rings. The van der Waals surface area contributed by atoms with Crippen LogP contribution < -0.4 is 5.73 Å². The Bertz CT molecular complexity index is 1480. The van der Waals surface area contributed by atoms with E-state index in [0.29, 0.717) is 51.3 Å². The molecule has 4 aromatic heterocycles. The molecule has 7 nitrogen and oxygen atoms in total. The molecule has 32 heavy (non-hydrogen) atoms. The molecule has 0 saturated heterocycles. The van der Waals surface area contributed by atoms with Gasteiger partial charge in [-0.05, 0) is 54.1 Å². The van der Waals surface area contributed by atoms with Crippen molar-refractivity contribution in [2.24, 2.45) is 0 Å². The molecule has 0 unspecified atom stereocenters. The number of halogens is 1. The number of anilines is 1. The van der Waals surface area contributed by atoms with E-state index < -0.39 is 0 Å². The van der Waals surface area contributed by atoms with E-state index in [1.54, 1.807) is 18.3 Å². The van der Waals surface area contributed by atoms with Crippen molar-refractivity contribution in [1.29, 1.82) is 5.26 Å². The summed E-state index contributed by atoms with van der Waals surface area (Å²) in [5.74, 6) is 1.44. The average Bonchev–Trinajstić information content (AvgIpc) is 3.23. The minimum atomic E-state index is 0.332. The van der Waals surface area contributed by atoms with Crippen molar-refractivity contribution in [3.05, 3.63) is 84.2 Å². The van der Waals surface area contributed by atoms with Gasteiger partial charge in [-0.25, -0.2) is 19.9 Å². The smallest absolute Gasteiger partial charge is 0.165 e. The summed E-state index contributed by atoms with van der Waals surface area (Å²) in [5.41, 5.74) is 11.7. The maximum atomic E-state index is 9.20. The fourth-order valence-corrected chi connectivity index (χ4v) is 3.68. The van der Waals surface area contributed by atoms with Gasteiger partial charge in [0.25, 0.3) is 0 Å². The van der Waals surface area contributed by atoms with Crippen molar-refractivity contribution in [3.8, 4) is 34.5 Å². The van der Waals surface area contributed by atoms with Gasteiger partial charge in [0.15, 0.2) is 11.5 Å². The third-order valence-electron chi connectivity index (χ3n) is 5.06. The molecule has 0 aliphatic carbocycles. The molecule has 5 aromatic rings. The lowest BCUT2D eigenvalue weighted by molar-refractivity contribution is 1.07. The first-order valence-electron chi connectivity index (χ1n) is 9.81. The number of nitrogen functional groups attached to an aromatic ring is 1. The van der Waals surface area contributed by atoms with Crippen LogP contribution in [0.15, 0.2) is 72.9 Å². The van der Waals surface area contributed by atoms with E-state index in [1.807, 2.05) is 59.2 Å². The Morgan fingerprint density at radius 2 is 1.72 bits per heavy atom. The van der Waals surface area contributed by atoms with Crippen LogP contribution in [0.1, 0.15) is 11.3 Å². The second-order valence-electron chi connectivity index (χ2n) is 7.07. The van der Waals surface area contributed by atoms with Crippen molar-refractivity contribution in [3.63, 3.8) is 0 Å². The number of imidazole rings is 1. The molecule has 0 bridgehead atoms. The Kier molecular flexibility index (Phi) is 4.98. The summed E-state index contributed by atoms with van der Waals surface area (Å²) in [6, 6.07) is 22.6. The molecule has 0 radical (unpaired) electrons. The SMILES string of the molecule is N#Cc1cccc(-c2ccc3nc(-c4cccnc4N)n(-c4ccc(CCl)cc4)c3n2)n1. The minimum absolute atomic E-state index is 0.332. The fourth-order valence-electron chi connectivity index (χ4n) is 3.51. The van der Waals surface area contributed by atoms with E-state index in [9.17, 15) is 5.26 Å². The first-order valence-corrected chi connectivity index (χ1v) is 10.3. The third-order valence-corrected chi connectivity index (χ3v) is 5.37. The molecule has 154 valence electrons. The Hall–Kier alpha value is -4.28. The number of nitrogens with two attached hydrogens (primary N) is 1. The summed E-state index contributed by atoms with van der Waals surface area (Å²) in [7, 11) is 0. The standard InChI is InChI=1S/C24H16ClN7/c25-13-15-6-8-17(9-7-15)32-23(18-4-2-12-28-22(18)27)31-21-11-10-20(30-24(21)32)19-5-1-3-16(14-26)29-19/h1-12H,13H2,(H2,27,28). The molecule has 0 spiro atoms. The van der Waals surface area contributed by atoms with E-state index in [2.05, 4.69) is 16.0 Å². The zero-order valence-electron chi connectivity index (χ0n) is 16.8. The number of nitrogens with zero attached hydrogens (tertiary/aromatic N) is 6. The van der Waals surface area contributed by atoms with Crippen molar-refractivity contribution in [1.82, 2.24) is 24.5 Å². The van der Waals surface area contributed by atoms with E-state index >= 15 is 0 Å². The lowest BCUT2D eigenvalue weighted by atomic mass is 10.2. The number of fused-ring (bicyclic) bond motifs is 1. The molecular weight excluding hydrogens is 422 g/mol. The van der Waals surface area contributed by atoms with Crippen LogP contribution in [0.4, 0.5) is 5.82 Å². The lowest BCUT2D eigenvalue weighted by Crippen LogP contribution is -2.02. The van der Waals surface area contributed by atoms with Crippen LogP contribution in [0, 0.1) is 11.3 Å². The molecule has 1 aromatic carbocycles. The van der Waals surface area contributed by atoms with Gasteiger partial charge < -0.3 is 5.73 Å². The quantitative estimate of drug-likeness (QED) is 0.407. The number of pyridine rings is 3. The van der Waals surface area contributed by atoms with E-state index in [1.165, 1.54) is 0 Å². The molecule has 8 heteroatoms. The van der Waals surface area contributed by atoms with Crippen LogP contribution in [-0.2, 0) is 5.88 Å². The van der Waals surface area contributed by atoms with Gasteiger partial charge in [-0.15, -0.1) is 11.6 Å². The highest BCUT2D eigenvalue weighted by molar-refractivity contribution is 6.17. The van der Waals surface area contributed by atoms with Crippen LogP contribution in [0.2, 0.25) is 0 Å². The first kappa shape index (κ1) is 19.7. The second kappa shape index (κ2) is 8.10. The summed E-state index contributed by atoms with van der Waals surface area (Å²) < 4.78 is 1.94. The molecule has 0 atom stereocenters. The van der Waals surface area contributed by atoms with Crippen molar-refractivity contribution in [2.75, 3.05) is 5.73 Å². The van der Waals surface area contributed by atoms with Gasteiger partial charge in [0.05, 0.1) is 17.0 Å². The highest BCUT2D eigenvalue weighted by Gasteiger charge is 2.19. The van der Waals surface area contributed by atoms with Gasteiger partial charge in [0.2, 0.25) is 0 Å². The number of hydrogen-bond donors (Lipinski definition) is 1. The number of benzene rings is 1. The predicted octanol–water partition coefficient (Wildman–Crippen LogP) is 4.74. The highest BCUT2D eigenvalue weighted by Crippen LogP contribution is 2.31. The molecule has 0 aliphatic rings. The largest absolute Gasteiger partial charge is 0.383 e. The van der Waals surface area contributed by atoms with Crippen molar-refractivity contribution in [2.45, 2.75) is 5.88 Å². The van der Waals surface area contributed by atoms with Crippen molar-refractivity contribution < 1.29 is 0 Å². The topological polar surface area (TPSA) is 106 Å². The summed E-state index contributed by atoms with van der Waals surface area (Å²) in [4.78, 5) is 18.3. The number of alkyl halides is 1. The molecule has 0 aliphatic heterocycles. The van der Waals surface area contributed by atoms with E-state index in [0.717, 1.165) is 11.3 Å².